The van der Waals surface area contributed by atoms with E-state index in [2.05, 4.69) is 18.2 Å². The number of ether oxygens (including phenoxy) is 2. The first-order valence-electron chi connectivity index (χ1n) is 5.36. The largest absolute Gasteiger partial charge is 0.353 e. The summed E-state index contributed by atoms with van der Waals surface area (Å²) < 4.78 is 10.9. The summed E-state index contributed by atoms with van der Waals surface area (Å²) in [6.45, 7) is 3.39. The average Bonchev–Trinajstić information content (AvgIpc) is 2.68. The van der Waals surface area contributed by atoms with E-state index in [0.29, 0.717) is 13.2 Å². The van der Waals surface area contributed by atoms with Crippen LogP contribution in [-0.4, -0.2) is 19.5 Å². The fraction of sp³-hybridized carbons (Fsp3) is 0.385. The first-order valence-corrected chi connectivity index (χ1v) is 5.36. The number of rotatable bonds is 3. The van der Waals surface area contributed by atoms with Crippen LogP contribution in [0.2, 0.25) is 0 Å². The van der Waals surface area contributed by atoms with Crippen LogP contribution in [0.5, 0.6) is 0 Å². The van der Waals surface area contributed by atoms with Gasteiger partial charge < -0.3 is 9.47 Å². The normalized spacial score (nSPS) is 23.5. The van der Waals surface area contributed by atoms with Gasteiger partial charge in [-0.3, -0.25) is 0 Å². The molecule has 0 aliphatic carbocycles. The van der Waals surface area contributed by atoms with Crippen molar-refractivity contribution in [3.05, 3.63) is 41.5 Å². The minimum Gasteiger partial charge on any atom is -0.353 e. The van der Waals surface area contributed by atoms with E-state index in [1.165, 1.54) is 11.1 Å². The molecular weight excluding hydrogens is 188 g/mol. The predicted molar refractivity (Wildman–Crippen MR) is 60.4 cm³/mol. The summed E-state index contributed by atoms with van der Waals surface area (Å²) in [5.41, 5.74) is 2.54. The zero-order chi connectivity index (χ0) is 10.5. The molecule has 2 rings (SSSR count). The Morgan fingerprint density at radius 3 is 2.93 bits per heavy atom. The first-order chi connectivity index (χ1) is 7.38. The van der Waals surface area contributed by atoms with Crippen LogP contribution < -0.4 is 0 Å². The molecule has 0 bridgehead atoms. The van der Waals surface area contributed by atoms with Gasteiger partial charge in [0.2, 0.25) is 0 Å². The quantitative estimate of drug-likeness (QED) is 0.753. The fourth-order valence-corrected chi connectivity index (χ4v) is 1.71. The van der Waals surface area contributed by atoms with Gasteiger partial charge in [-0.15, -0.1) is 0 Å². The Hall–Kier alpha value is -1.12. The smallest absolute Gasteiger partial charge is 0.161 e. The van der Waals surface area contributed by atoms with E-state index in [4.69, 9.17) is 9.47 Å². The summed E-state index contributed by atoms with van der Waals surface area (Å²) in [5, 5.41) is 0. The molecule has 0 unspecified atom stereocenters. The Balaban J connectivity index is 1.98. The maximum Gasteiger partial charge on any atom is 0.161 e. The van der Waals surface area contributed by atoms with Crippen LogP contribution in [-0.2, 0) is 9.47 Å². The van der Waals surface area contributed by atoms with E-state index < -0.39 is 0 Å². The standard InChI is InChI=1S/C13H16O2/c1-2-14-13-9-12(10-15-13)8-11-6-4-3-5-7-11/h3-8,13H,2,9-10H2,1H3/b12-8-/t13-/m0/s1. The summed E-state index contributed by atoms with van der Waals surface area (Å²) in [4.78, 5) is 0. The summed E-state index contributed by atoms with van der Waals surface area (Å²) in [5.74, 6) is 0. The molecule has 1 heterocycles. The molecule has 0 saturated carbocycles. The molecule has 1 aliphatic rings. The third-order valence-electron chi connectivity index (χ3n) is 2.41. The Morgan fingerprint density at radius 2 is 2.20 bits per heavy atom. The van der Waals surface area contributed by atoms with E-state index in [1.54, 1.807) is 0 Å². The van der Waals surface area contributed by atoms with Crippen molar-refractivity contribution >= 4 is 6.08 Å². The van der Waals surface area contributed by atoms with Gasteiger partial charge in [0.05, 0.1) is 6.61 Å². The van der Waals surface area contributed by atoms with Crippen LogP contribution >= 0.6 is 0 Å². The van der Waals surface area contributed by atoms with Crippen LogP contribution in [0.1, 0.15) is 18.9 Å². The Bertz CT molecular complexity index is 330. The van der Waals surface area contributed by atoms with Crippen molar-refractivity contribution in [3.8, 4) is 0 Å². The molecule has 15 heavy (non-hydrogen) atoms. The van der Waals surface area contributed by atoms with Gasteiger partial charge in [-0.05, 0) is 18.1 Å². The lowest BCUT2D eigenvalue weighted by molar-refractivity contribution is -0.106. The summed E-state index contributed by atoms with van der Waals surface area (Å²) in [6.07, 6.45) is 3.03. The number of benzene rings is 1. The molecule has 2 heteroatoms. The minimum atomic E-state index is -0.0371. The van der Waals surface area contributed by atoms with Crippen LogP contribution in [0.25, 0.3) is 6.08 Å². The van der Waals surface area contributed by atoms with E-state index in [9.17, 15) is 0 Å². The molecule has 1 aromatic carbocycles. The van der Waals surface area contributed by atoms with Crippen LogP contribution in [0, 0.1) is 0 Å². The highest BCUT2D eigenvalue weighted by atomic mass is 16.7. The van der Waals surface area contributed by atoms with Crippen molar-refractivity contribution in [2.45, 2.75) is 19.6 Å². The predicted octanol–water partition coefficient (Wildman–Crippen LogP) is 2.85. The molecule has 1 saturated heterocycles. The van der Waals surface area contributed by atoms with Crippen LogP contribution in [0.4, 0.5) is 0 Å². The van der Waals surface area contributed by atoms with Crippen molar-refractivity contribution in [1.29, 1.82) is 0 Å². The second kappa shape index (κ2) is 5.10. The zero-order valence-electron chi connectivity index (χ0n) is 8.98. The van der Waals surface area contributed by atoms with E-state index in [1.807, 2.05) is 25.1 Å². The maximum atomic E-state index is 5.49. The molecule has 80 valence electrons. The third kappa shape index (κ3) is 2.91. The minimum absolute atomic E-state index is 0.0371. The third-order valence-corrected chi connectivity index (χ3v) is 2.41. The molecule has 0 N–H and O–H groups in total. The van der Waals surface area contributed by atoms with Gasteiger partial charge in [0.25, 0.3) is 0 Å². The lowest BCUT2D eigenvalue weighted by Crippen LogP contribution is -2.09. The van der Waals surface area contributed by atoms with Crippen molar-refractivity contribution < 1.29 is 9.47 Å². The highest BCUT2D eigenvalue weighted by molar-refractivity contribution is 5.53. The molecule has 1 atom stereocenters. The van der Waals surface area contributed by atoms with Gasteiger partial charge in [0.15, 0.2) is 6.29 Å². The Kier molecular flexibility index (Phi) is 3.54. The molecule has 2 nitrogen and oxygen atoms in total. The van der Waals surface area contributed by atoms with Crippen molar-refractivity contribution in [2.75, 3.05) is 13.2 Å². The molecular formula is C13H16O2. The Morgan fingerprint density at radius 1 is 1.40 bits per heavy atom. The Labute approximate surface area is 90.5 Å². The first kappa shape index (κ1) is 10.4. The summed E-state index contributed by atoms with van der Waals surface area (Å²) in [7, 11) is 0. The lowest BCUT2D eigenvalue weighted by atomic mass is 10.1. The molecule has 0 spiro atoms. The van der Waals surface area contributed by atoms with Crippen molar-refractivity contribution in [1.82, 2.24) is 0 Å². The monoisotopic (exact) mass is 204 g/mol. The van der Waals surface area contributed by atoms with Gasteiger partial charge in [0, 0.05) is 13.0 Å². The van der Waals surface area contributed by atoms with E-state index in [-0.39, 0.29) is 6.29 Å². The fourth-order valence-electron chi connectivity index (χ4n) is 1.71. The van der Waals surface area contributed by atoms with Gasteiger partial charge in [-0.25, -0.2) is 0 Å². The molecule has 1 aliphatic heterocycles. The topological polar surface area (TPSA) is 18.5 Å². The van der Waals surface area contributed by atoms with Gasteiger partial charge in [0.1, 0.15) is 0 Å². The number of hydrogen-bond acceptors (Lipinski definition) is 2. The second-order valence-electron chi connectivity index (χ2n) is 3.61. The number of hydrogen-bond donors (Lipinski definition) is 0. The summed E-state index contributed by atoms with van der Waals surface area (Å²) >= 11 is 0. The average molecular weight is 204 g/mol. The zero-order valence-corrected chi connectivity index (χ0v) is 8.98. The molecule has 1 aromatic rings. The lowest BCUT2D eigenvalue weighted by Gasteiger charge is -2.06. The molecule has 0 radical (unpaired) electrons. The van der Waals surface area contributed by atoms with Gasteiger partial charge >= 0.3 is 0 Å². The SMILES string of the molecule is CCO[C@@H]1C/C(=C/c2ccccc2)CO1. The van der Waals surface area contributed by atoms with Crippen molar-refractivity contribution in [3.63, 3.8) is 0 Å². The van der Waals surface area contributed by atoms with Crippen LogP contribution in [0.15, 0.2) is 35.9 Å². The van der Waals surface area contributed by atoms with Crippen LogP contribution in [0.3, 0.4) is 0 Å². The van der Waals surface area contributed by atoms with Gasteiger partial charge in [-0.1, -0.05) is 36.4 Å². The maximum absolute atomic E-state index is 5.49. The van der Waals surface area contributed by atoms with E-state index >= 15 is 0 Å². The summed E-state index contributed by atoms with van der Waals surface area (Å²) in [6, 6.07) is 10.3. The molecule has 1 fully saturated rings. The highest BCUT2D eigenvalue weighted by Gasteiger charge is 2.19. The second-order valence-corrected chi connectivity index (χ2v) is 3.61. The molecule has 0 amide bonds. The van der Waals surface area contributed by atoms with E-state index in [0.717, 1.165) is 6.42 Å². The molecule has 0 aromatic heterocycles. The van der Waals surface area contributed by atoms with Crippen molar-refractivity contribution in [2.24, 2.45) is 0 Å². The van der Waals surface area contributed by atoms with Gasteiger partial charge in [-0.2, -0.15) is 0 Å². The highest BCUT2D eigenvalue weighted by Crippen LogP contribution is 2.21.